The molecule has 0 spiro atoms. The van der Waals surface area contributed by atoms with E-state index >= 15 is 0 Å². The van der Waals surface area contributed by atoms with Gasteiger partial charge in [0, 0.05) is 19.1 Å². The molecule has 1 aromatic heterocycles. The molecule has 2 heterocycles. The summed E-state index contributed by atoms with van der Waals surface area (Å²) in [4.78, 5) is 6.80. The van der Waals surface area contributed by atoms with Gasteiger partial charge in [0.15, 0.2) is 0 Å². The molecule has 5 heteroatoms. The third-order valence-corrected chi connectivity index (χ3v) is 3.22. The van der Waals surface area contributed by atoms with E-state index in [1.54, 1.807) is 6.33 Å². The van der Waals surface area contributed by atoms with Gasteiger partial charge in [0.2, 0.25) is 0 Å². The maximum atomic E-state index is 4.28. The lowest BCUT2D eigenvalue weighted by molar-refractivity contribution is 0.334. The number of aromatic nitrogens is 3. The van der Waals surface area contributed by atoms with Crippen molar-refractivity contribution in [2.24, 2.45) is 0 Å². The van der Waals surface area contributed by atoms with Gasteiger partial charge < -0.3 is 10.2 Å². The lowest BCUT2D eigenvalue weighted by Gasteiger charge is -2.15. The fraction of sp³-hybridized carbons (Fsp3) is 0.833. The Hall–Kier alpha value is -0.940. The minimum Gasteiger partial charge on any atom is -0.309 e. The van der Waals surface area contributed by atoms with Crippen LogP contribution in [0.15, 0.2) is 6.33 Å². The predicted molar refractivity (Wildman–Crippen MR) is 67.8 cm³/mol. The highest BCUT2D eigenvalue weighted by Crippen LogP contribution is 2.06. The van der Waals surface area contributed by atoms with Gasteiger partial charge in [-0.05, 0) is 39.8 Å². The Morgan fingerprint density at radius 1 is 1.35 bits per heavy atom. The van der Waals surface area contributed by atoms with E-state index in [1.165, 1.54) is 25.9 Å². The van der Waals surface area contributed by atoms with Crippen molar-refractivity contribution in [3.05, 3.63) is 12.2 Å². The number of hydrogen-bond acceptors (Lipinski definition) is 4. The molecular weight excluding hydrogens is 214 g/mol. The van der Waals surface area contributed by atoms with E-state index in [0.29, 0.717) is 6.04 Å². The Kier molecular flexibility index (Phi) is 4.50. The van der Waals surface area contributed by atoms with Crippen LogP contribution in [-0.2, 0) is 6.54 Å². The summed E-state index contributed by atoms with van der Waals surface area (Å²) in [5.41, 5.74) is 0. The van der Waals surface area contributed by atoms with Gasteiger partial charge in [0.25, 0.3) is 0 Å². The molecule has 96 valence electrons. The highest BCUT2D eigenvalue weighted by Gasteiger charge is 2.11. The molecule has 0 radical (unpaired) electrons. The summed E-state index contributed by atoms with van der Waals surface area (Å²) in [6.45, 7) is 9.78. The maximum Gasteiger partial charge on any atom is 0.141 e. The largest absolute Gasteiger partial charge is 0.309 e. The number of likely N-dealkylation sites (tertiary alicyclic amines) is 1. The van der Waals surface area contributed by atoms with Crippen molar-refractivity contribution in [2.45, 2.75) is 39.3 Å². The van der Waals surface area contributed by atoms with Crippen LogP contribution in [0.1, 0.15) is 38.6 Å². The second-order valence-corrected chi connectivity index (χ2v) is 4.94. The smallest absolute Gasteiger partial charge is 0.141 e. The third-order valence-electron chi connectivity index (χ3n) is 3.22. The first-order valence-electron chi connectivity index (χ1n) is 6.59. The summed E-state index contributed by atoms with van der Waals surface area (Å²) in [6, 6.07) is 0.382. The summed E-state index contributed by atoms with van der Waals surface area (Å²) in [7, 11) is 0. The zero-order valence-corrected chi connectivity index (χ0v) is 10.9. The number of hydrogen-bond donors (Lipinski definition) is 1. The Labute approximate surface area is 103 Å². The first-order valence-corrected chi connectivity index (χ1v) is 6.59. The van der Waals surface area contributed by atoms with Crippen molar-refractivity contribution in [1.82, 2.24) is 25.0 Å². The predicted octanol–water partition coefficient (Wildman–Crippen LogP) is 1.04. The average Bonchev–Trinajstić information content (AvgIpc) is 2.95. The second kappa shape index (κ2) is 6.12. The molecule has 17 heavy (non-hydrogen) atoms. The van der Waals surface area contributed by atoms with Crippen LogP contribution in [-0.4, -0.2) is 45.8 Å². The van der Waals surface area contributed by atoms with Gasteiger partial charge >= 0.3 is 0 Å². The normalized spacial score (nSPS) is 17.1. The van der Waals surface area contributed by atoms with E-state index in [1.807, 2.05) is 4.68 Å². The van der Waals surface area contributed by atoms with Gasteiger partial charge in [0.05, 0.1) is 6.54 Å². The maximum absolute atomic E-state index is 4.28. The Balaban J connectivity index is 1.68. The highest BCUT2D eigenvalue weighted by atomic mass is 15.4. The molecule has 5 nitrogen and oxygen atoms in total. The van der Waals surface area contributed by atoms with Gasteiger partial charge in [-0.25, -0.2) is 9.67 Å². The number of nitrogens with zero attached hydrogens (tertiary/aromatic N) is 4. The van der Waals surface area contributed by atoms with Crippen molar-refractivity contribution < 1.29 is 0 Å². The molecule has 0 aromatic carbocycles. The fourth-order valence-electron chi connectivity index (χ4n) is 2.28. The van der Waals surface area contributed by atoms with E-state index in [9.17, 15) is 0 Å². The van der Waals surface area contributed by atoms with E-state index in [2.05, 4.69) is 34.1 Å². The van der Waals surface area contributed by atoms with Crippen LogP contribution in [0.25, 0.3) is 0 Å². The van der Waals surface area contributed by atoms with E-state index in [-0.39, 0.29) is 0 Å². The molecule has 0 unspecified atom stereocenters. The first-order chi connectivity index (χ1) is 8.27. The Bertz CT molecular complexity index is 327. The van der Waals surface area contributed by atoms with Gasteiger partial charge in [-0.1, -0.05) is 0 Å². The quantitative estimate of drug-likeness (QED) is 0.751. The van der Waals surface area contributed by atoms with Crippen LogP contribution in [0.4, 0.5) is 0 Å². The van der Waals surface area contributed by atoms with Gasteiger partial charge in [-0.15, -0.1) is 0 Å². The summed E-state index contributed by atoms with van der Waals surface area (Å²) >= 11 is 0. The molecule has 1 aromatic rings. The van der Waals surface area contributed by atoms with Crippen molar-refractivity contribution in [2.75, 3.05) is 26.2 Å². The monoisotopic (exact) mass is 237 g/mol. The third kappa shape index (κ3) is 3.51. The topological polar surface area (TPSA) is 46.0 Å². The van der Waals surface area contributed by atoms with Gasteiger partial charge in [-0.3, -0.25) is 0 Å². The Morgan fingerprint density at radius 3 is 2.82 bits per heavy atom. The average molecular weight is 237 g/mol. The molecule has 1 aliphatic rings. The highest BCUT2D eigenvalue weighted by molar-refractivity contribution is 4.85. The minimum atomic E-state index is 0.382. The van der Waals surface area contributed by atoms with Crippen LogP contribution in [0.5, 0.6) is 0 Å². The van der Waals surface area contributed by atoms with E-state index in [0.717, 1.165) is 25.5 Å². The van der Waals surface area contributed by atoms with Gasteiger partial charge in [-0.2, -0.15) is 5.10 Å². The molecule has 0 atom stereocenters. The fourth-order valence-corrected chi connectivity index (χ4v) is 2.28. The van der Waals surface area contributed by atoms with E-state index in [4.69, 9.17) is 0 Å². The van der Waals surface area contributed by atoms with Crippen molar-refractivity contribution in [3.63, 3.8) is 0 Å². The lowest BCUT2D eigenvalue weighted by Crippen LogP contribution is -2.30. The first kappa shape index (κ1) is 12.5. The standard InChI is InChI=1S/C12H23N5/c1-11(2)17-12(14-10-15-17)9-13-5-8-16-6-3-4-7-16/h10-11,13H,3-9H2,1-2H3. The Morgan fingerprint density at radius 2 is 2.12 bits per heavy atom. The summed E-state index contributed by atoms with van der Waals surface area (Å²) in [5.74, 6) is 1.03. The minimum absolute atomic E-state index is 0.382. The molecule has 0 saturated carbocycles. The van der Waals surface area contributed by atoms with Crippen LogP contribution in [0.2, 0.25) is 0 Å². The molecule has 0 aliphatic carbocycles. The molecule has 1 N–H and O–H groups in total. The molecule has 1 saturated heterocycles. The number of nitrogens with one attached hydrogen (secondary N) is 1. The SMILES string of the molecule is CC(C)n1ncnc1CNCCN1CCCC1. The summed E-state index contributed by atoms with van der Waals surface area (Å²) in [5, 5.41) is 7.67. The van der Waals surface area contributed by atoms with Gasteiger partial charge in [0.1, 0.15) is 12.2 Å². The zero-order chi connectivity index (χ0) is 12.1. The number of rotatable bonds is 6. The molecule has 1 aliphatic heterocycles. The molecule has 0 bridgehead atoms. The summed E-state index contributed by atoms with van der Waals surface area (Å²) in [6.07, 6.45) is 4.36. The van der Waals surface area contributed by atoms with Crippen LogP contribution in [0, 0.1) is 0 Å². The lowest BCUT2D eigenvalue weighted by atomic mass is 10.4. The van der Waals surface area contributed by atoms with Crippen LogP contribution in [0.3, 0.4) is 0 Å². The van der Waals surface area contributed by atoms with Crippen LogP contribution >= 0.6 is 0 Å². The van der Waals surface area contributed by atoms with Crippen molar-refractivity contribution >= 4 is 0 Å². The molecule has 0 amide bonds. The molecular formula is C12H23N5. The second-order valence-electron chi connectivity index (χ2n) is 4.94. The van der Waals surface area contributed by atoms with Crippen molar-refractivity contribution in [3.8, 4) is 0 Å². The van der Waals surface area contributed by atoms with Crippen LogP contribution < -0.4 is 5.32 Å². The van der Waals surface area contributed by atoms with E-state index < -0.39 is 0 Å². The molecule has 2 rings (SSSR count). The zero-order valence-electron chi connectivity index (χ0n) is 10.9. The summed E-state index contributed by atoms with van der Waals surface area (Å²) < 4.78 is 1.98. The molecule has 1 fully saturated rings. The van der Waals surface area contributed by atoms with Crippen molar-refractivity contribution in [1.29, 1.82) is 0 Å².